The lowest BCUT2D eigenvalue weighted by Gasteiger charge is -2.16. The molecular weight excluding hydrogens is 317 g/mol. The average Bonchev–Trinajstić information content (AvgIpc) is 3.29. The predicted octanol–water partition coefficient (Wildman–Crippen LogP) is 4.04. The molecule has 0 spiro atoms. The van der Waals surface area contributed by atoms with Crippen molar-refractivity contribution in [3.8, 4) is 0 Å². The molecule has 1 amide bonds. The first kappa shape index (κ1) is 15.7. The van der Waals surface area contributed by atoms with Gasteiger partial charge in [-0.1, -0.05) is 0 Å². The van der Waals surface area contributed by atoms with Crippen LogP contribution in [0.25, 0.3) is 10.9 Å². The molecule has 0 radical (unpaired) electrons. The molecule has 1 aliphatic carbocycles. The van der Waals surface area contributed by atoms with Gasteiger partial charge >= 0.3 is 0 Å². The average molecular weight is 337 g/mol. The van der Waals surface area contributed by atoms with Crippen molar-refractivity contribution < 1.29 is 9.18 Å². The van der Waals surface area contributed by atoms with E-state index in [2.05, 4.69) is 10.3 Å². The van der Waals surface area contributed by atoms with Gasteiger partial charge in [-0.15, -0.1) is 0 Å². The molecule has 2 aromatic carbocycles. The van der Waals surface area contributed by atoms with Crippen LogP contribution >= 0.6 is 0 Å². The summed E-state index contributed by atoms with van der Waals surface area (Å²) in [7, 11) is 3.96. The number of hydrogen-bond acceptors (Lipinski definition) is 2. The van der Waals surface area contributed by atoms with E-state index in [1.807, 2.05) is 49.5 Å². The van der Waals surface area contributed by atoms with Crippen LogP contribution in [0.4, 0.5) is 15.8 Å². The van der Waals surface area contributed by atoms with Gasteiger partial charge in [0, 0.05) is 42.6 Å². The molecule has 0 bridgehead atoms. The number of amides is 1. The molecule has 3 aromatic rings. The summed E-state index contributed by atoms with van der Waals surface area (Å²) in [5, 5.41) is 3.94. The number of aromatic amines is 1. The summed E-state index contributed by atoms with van der Waals surface area (Å²) in [5.41, 5.74) is 3.02. The SMILES string of the molecule is CN(C)c1ccc(NC(=O)C2(c3c[nH]c4cc(F)ccc34)CC2)cc1. The van der Waals surface area contributed by atoms with Crippen LogP contribution in [0.15, 0.2) is 48.7 Å². The van der Waals surface area contributed by atoms with Crippen LogP contribution < -0.4 is 10.2 Å². The number of halogens is 1. The van der Waals surface area contributed by atoms with Gasteiger partial charge in [0.15, 0.2) is 0 Å². The Hall–Kier alpha value is -2.82. The Morgan fingerprint density at radius 2 is 1.88 bits per heavy atom. The van der Waals surface area contributed by atoms with E-state index in [0.717, 1.165) is 40.7 Å². The van der Waals surface area contributed by atoms with E-state index >= 15 is 0 Å². The van der Waals surface area contributed by atoms with Crippen LogP contribution in [0.1, 0.15) is 18.4 Å². The van der Waals surface area contributed by atoms with E-state index < -0.39 is 5.41 Å². The second kappa shape index (κ2) is 5.62. The van der Waals surface area contributed by atoms with Crippen LogP contribution in [0.3, 0.4) is 0 Å². The number of benzene rings is 2. The summed E-state index contributed by atoms with van der Waals surface area (Å²) in [5.74, 6) is -0.286. The Labute approximate surface area is 145 Å². The second-order valence-corrected chi connectivity index (χ2v) is 6.87. The molecule has 0 atom stereocenters. The molecule has 0 saturated heterocycles. The van der Waals surface area contributed by atoms with Crippen LogP contribution in [0.2, 0.25) is 0 Å². The van der Waals surface area contributed by atoms with Crippen LogP contribution in [-0.2, 0) is 10.2 Å². The molecule has 1 aromatic heterocycles. The minimum Gasteiger partial charge on any atom is -0.378 e. The van der Waals surface area contributed by atoms with Crippen molar-refractivity contribution in [2.24, 2.45) is 0 Å². The lowest BCUT2D eigenvalue weighted by atomic mass is 9.94. The number of hydrogen-bond donors (Lipinski definition) is 2. The molecule has 25 heavy (non-hydrogen) atoms. The number of anilines is 2. The molecule has 128 valence electrons. The molecule has 1 aliphatic rings. The Balaban J connectivity index is 1.60. The predicted molar refractivity (Wildman–Crippen MR) is 98.6 cm³/mol. The fourth-order valence-corrected chi connectivity index (χ4v) is 3.33. The molecule has 0 unspecified atom stereocenters. The lowest BCUT2D eigenvalue weighted by molar-refractivity contribution is -0.118. The number of carbonyl (C=O) groups is 1. The second-order valence-electron chi connectivity index (χ2n) is 6.87. The van der Waals surface area contributed by atoms with Gasteiger partial charge in [-0.2, -0.15) is 0 Å². The minimum atomic E-state index is -0.518. The van der Waals surface area contributed by atoms with Gasteiger partial charge in [0.05, 0.1) is 5.41 Å². The summed E-state index contributed by atoms with van der Waals surface area (Å²) in [4.78, 5) is 18.0. The van der Waals surface area contributed by atoms with E-state index in [1.165, 1.54) is 12.1 Å². The Kier molecular flexibility index (Phi) is 3.53. The Morgan fingerprint density at radius 1 is 1.16 bits per heavy atom. The van der Waals surface area contributed by atoms with E-state index in [4.69, 9.17) is 0 Å². The largest absolute Gasteiger partial charge is 0.378 e. The van der Waals surface area contributed by atoms with E-state index in [-0.39, 0.29) is 11.7 Å². The lowest BCUT2D eigenvalue weighted by Crippen LogP contribution is -2.27. The molecule has 4 nitrogen and oxygen atoms in total. The standard InChI is InChI=1S/C20H20FN3O/c1-24(2)15-6-4-14(5-7-15)23-19(25)20(9-10-20)17-12-22-18-11-13(21)3-8-16(17)18/h3-8,11-12,22H,9-10H2,1-2H3,(H,23,25). The molecule has 4 rings (SSSR count). The number of nitrogens with zero attached hydrogens (tertiary/aromatic N) is 1. The highest BCUT2D eigenvalue weighted by Crippen LogP contribution is 2.51. The number of rotatable bonds is 4. The van der Waals surface area contributed by atoms with Crippen molar-refractivity contribution in [2.75, 3.05) is 24.3 Å². The normalized spacial score (nSPS) is 15.2. The first-order chi connectivity index (χ1) is 12.0. The number of nitrogens with one attached hydrogen (secondary N) is 2. The Bertz CT molecular complexity index is 939. The minimum absolute atomic E-state index is 0.00433. The van der Waals surface area contributed by atoms with Crippen LogP contribution in [0, 0.1) is 5.82 Å². The fourth-order valence-electron chi connectivity index (χ4n) is 3.33. The molecular formula is C20H20FN3O. The van der Waals surface area contributed by atoms with Gasteiger partial charge in [-0.3, -0.25) is 4.79 Å². The number of carbonyl (C=O) groups excluding carboxylic acids is 1. The monoisotopic (exact) mass is 337 g/mol. The van der Waals surface area contributed by atoms with E-state index in [9.17, 15) is 9.18 Å². The van der Waals surface area contributed by atoms with Gasteiger partial charge < -0.3 is 15.2 Å². The zero-order valence-electron chi connectivity index (χ0n) is 14.3. The summed E-state index contributed by atoms with van der Waals surface area (Å²) < 4.78 is 13.4. The van der Waals surface area contributed by atoms with Gasteiger partial charge in [0.1, 0.15) is 5.82 Å². The van der Waals surface area contributed by atoms with Gasteiger partial charge in [0.2, 0.25) is 5.91 Å². The number of aromatic nitrogens is 1. The van der Waals surface area contributed by atoms with Gasteiger partial charge in [0.25, 0.3) is 0 Å². The smallest absolute Gasteiger partial charge is 0.235 e. The van der Waals surface area contributed by atoms with Crippen molar-refractivity contribution in [1.82, 2.24) is 4.98 Å². The summed E-state index contributed by atoms with van der Waals surface area (Å²) in [6.07, 6.45) is 3.45. The highest BCUT2D eigenvalue weighted by Gasteiger charge is 2.52. The zero-order chi connectivity index (χ0) is 17.6. The quantitative estimate of drug-likeness (QED) is 0.755. The van der Waals surface area contributed by atoms with E-state index in [0.29, 0.717) is 0 Å². The Morgan fingerprint density at radius 3 is 2.52 bits per heavy atom. The highest BCUT2D eigenvalue weighted by atomic mass is 19.1. The number of fused-ring (bicyclic) bond motifs is 1. The third-order valence-corrected chi connectivity index (χ3v) is 4.99. The highest BCUT2D eigenvalue weighted by molar-refractivity contribution is 6.04. The van der Waals surface area contributed by atoms with Crippen molar-refractivity contribution in [3.63, 3.8) is 0 Å². The van der Waals surface area contributed by atoms with Gasteiger partial charge in [-0.25, -0.2) is 4.39 Å². The molecule has 2 N–H and O–H groups in total. The van der Waals surface area contributed by atoms with Crippen molar-refractivity contribution in [1.29, 1.82) is 0 Å². The van der Waals surface area contributed by atoms with Crippen molar-refractivity contribution in [2.45, 2.75) is 18.3 Å². The fraction of sp³-hybridized carbons (Fsp3) is 0.250. The molecule has 0 aliphatic heterocycles. The maximum atomic E-state index is 13.4. The zero-order valence-corrected chi connectivity index (χ0v) is 14.3. The summed E-state index contributed by atoms with van der Waals surface area (Å²) in [6, 6.07) is 12.4. The third-order valence-electron chi connectivity index (χ3n) is 4.99. The van der Waals surface area contributed by atoms with Gasteiger partial charge in [-0.05, 0) is 60.9 Å². The summed E-state index contributed by atoms with van der Waals surface area (Å²) in [6.45, 7) is 0. The first-order valence-electron chi connectivity index (χ1n) is 8.35. The summed E-state index contributed by atoms with van der Waals surface area (Å²) >= 11 is 0. The maximum absolute atomic E-state index is 13.4. The van der Waals surface area contributed by atoms with E-state index in [1.54, 1.807) is 6.07 Å². The topological polar surface area (TPSA) is 48.1 Å². The molecule has 1 heterocycles. The first-order valence-corrected chi connectivity index (χ1v) is 8.35. The maximum Gasteiger partial charge on any atom is 0.235 e. The third kappa shape index (κ3) is 2.65. The van der Waals surface area contributed by atoms with Crippen LogP contribution in [0.5, 0.6) is 0 Å². The van der Waals surface area contributed by atoms with Crippen molar-refractivity contribution >= 4 is 28.2 Å². The number of H-pyrrole nitrogens is 1. The molecule has 1 saturated carbocycles. The molecule has 5 heteroatoms. The van der Waals surface area contributed by atoms with Crippen molar-refractivity contribution in [3.05, 3.63) is 60.0 Å². The molecule has 1 fully saturated rings. The van der Waals surface area contributed by atoms with Crippen LogP contribution in [-0.4, -0.2) is 25.0 Å².